The first-order valence-electron chi connectivity index (χ1n) is 13.4. The second-order valence-electron chi connectivity index (χ2n) is 10.8. The van der Waals surface area contributed by atoms with Gasteiger partial charge in [-0.3, -0.25) is 15.1 Å². The van der Waals surface area contributed by atoms with Crippen LogP contribution in [0.5, 0.6) is 5.88 Å². The molecular formula is C28H38FN5O2. The SMILES string of the molecule is CC(C)Oc1ccc(C2NNC3CCC(C(=O)NC4CCCN(Cc5ccccc5F)C4)CC32)cn1. The minimum Gasteiger partial charge on any atom is -0.475 e. The lowest BCUT2D eigenvalue weighted by Gasteiger charge is -2.36. The lowest BCUT2D eigenvalue weighted by atomic mass is 9.74. The summed E-state index contributed by atoms with van der Waals surface area (Å²) in [4.78, 5) is 20.0. The van der Waals surface area contributed by atoms with E-state index in [2.05, 4.69) is 32.1 Å². The van der Waals surface area contributed by atoms with Crippen molar-refractivity contribution in [2.75, 3.05) is 13.1 Å². The summed E-state index contributed by atoms with van der Waals surface area (Å²) in [5.41, 5.74) is 8.73. The third-order valence-corrected chi connectivity index (χ3v) is 7.80. The van der Waals surface area contributed by atoms with E-state index < -0.39 is 0 Å². The van der Waals surface area contributed by atoms with Crippen LogP contribution < -0.4 is 20.9 Å². The van der Waals surface area contributed by atoms with Crippen molar-refractivity contribution in [3.63, 3.8) is 0 Å². The van der Waals surface area contributed by atoms with Gasteiger partial charge in [0.15, 0.2) is 0 Å². The Balaban J connectivity index is 1.16. The van der Waals surface area contributed by atoms with E-state index in [1.807, 2.05) is 38.2 Å². The summed E-state index contributed by atoms with van der Waals surface area (Å²) < 4.78 is 19.8. The molecule has 3 aliphatic rings. The highest BCUT2D eigenvalue weighted by Gasteiger charge is 2.43. The number of carbonyl (C=O) groups is 1. The first-order valence-corrected chi connectivity index (χ1v) is 13.4. The fourth-order valence-electron chi connectivity index (χ4n) is 6.02. The van der Waals surface area contributed by atoms with Gasteiger partial charge in [0.2, 0.25) is 11.8 Å². The van der Waals surface area contributed by atoms with Crippen LogP contribution in [-0.4, -0.2) is 47.1 Å². The predicted molar refractivity (Wildman–Crippen MR) is 136 cm³/mol. The van der Waals surface area contributed by atoms with Crippen LogP contribution in [0.2, 0.25) is 0 Å². The number of hydrogen-bond donors (Lipinski definition) is 3. The number of carbonyl (C=O) groups excluding carboxylic acids is 1. The third kappa shape index (κ3) is 5.88. The van der Waals surface area contributed by atoms with Crippen LogP contribution in [0, 0.1) is 17.7 Å². The lowest BCUT2D eigenvalue weighted by molar-refractivity contribution is -0.127. The van der Waals surface area contributed by atoms with E-state index in [1.54, 1.807) is 6.07 Å². The van der Waals surface area contributed by atoms with E-state index in [0.29, 0.717) is 29.9 Å². The van der Waals surface area contributed by atoms with Crippen molar-refractivity contribution in [3.8, 4) is 5.88 Å². The van der Waals surface area contributed by atoms with E-state index in [9.17, 15) is 9.18 Å². The molecule has 3 N–H and O–H groups in total. The summed E-state index contributed by atoms with van der Waals surface area (Å²) in [6, 6.07) is 11.5. The largest absolute Gasteiger partial charge is 0.475 e. The quantitative estimate of drug-likeness (QED) is 0.544. The molecule has 0 bridgehead atoms. The van der Waals surface area contributed by atoms with Gasteiger partial charge >= 0.3 is 0 Å². The van der Waals surface area contributed by atoms with E-state index in [1.165, 1.54) is 6.07 Å². The number of benzene rings is 1. The Bertz CT molecular complexity index is 1030. The topological polar surface area (TPSA) is 78.5 Å². The molecule has 36 heavy (non-hydrogen) atoms. The molecule has 1 aromatic carbocycles. The van der Waals surface area contributed by atoms with Crippen LogP contribution in [0.3, 0.4) is 0 Å². The molecule has 3 fully saturated rings. The van der Waals surface area contributed by atoms with Crippen molar-refractivity contribution in [1.82, 2.24) is 26.1 Å². The minimum atomic E-state index is -0.161. The van der Waals surface area contributed by atoms with Crippen LogP contribution in [0.15, 0.2) is 42.6 Å². The summed E-state index contributed by atoms with van der Waals surface area (Å²) >= 11 is 0. The molecule has 2 aliphatic heterocycles. The highest BCUT2D eigenvalue weighted by atomic mass is 19.1. The second kappa shape index (κ2) is 11.2. The van der Waals surface area contributed by atoms with Gasteiger partial charge in [-0.05, 0) is 70.0 Å². The Morgan fingerprint density at radius 3 is 2.83 bits per heavy atom. The Hall–Kier alpha value is -2.55. The maximum Gasteiger partial charge on any atom is 0.223 e. The number of rotatable bonds is 7. The van der Waals surface area contributed by atoms with Crippen molar-refractivity contribution < 1.29 is 13.9 Å². The highest BCUT2D eigenvalue weighted by molar-refractivity contribution is 5.79. The molecule has 1 amide bonds. The summed E-state index contributed by atoms with van der Waals surface area (Å²) in [7, 11) is 0. The Labute approximate surface area is 213 Å². The first-order chi connectivity index (χ1) is 17.5. The number of hydrazine groups is 1. The number of likely N-dealkylation sites (tertiary alicyclic amines) is 1. The zero-order valence-corrected chi connectivity index (χ0v) is 21.3. The molecule has 5 rings (SSSR count). The molecule has 1 saturated carbocycles. The van der Waals surface area contributed by atoms with Crippen LogP contribution in [0.4, 0.5) is 4.39 Å². The van der Waals surface area contributed by atoms with Crippen LogP contribution in [-0.2, 0) is 11.3 Å². The van der Waals surface area contributed by atoms with Crippen LogP contribution in [0.25, 0.3) is 0 Å². The summed E-state index contributed by atoms with van der Waals surface area (Å²) in [5.74, 6) is 0.973. The number of piperidine rings is 1. The molecule has 194 valence electrons. The van der Waals surface area contributed by atoms with Gasteiger partial charge < -0.3 is 10.1 Å². The first kappa shape index (κ1) is 25.1. The monoisotopic (exact) mass is 495 g/mol. The molecule has 0 radical (unpaired) electrons. The van der Waals surface area contributed by atoms with E-state index in [0.717, 1.165) is 50.8 Å². The standard InChI is InChI=1S/C28H38FN5O2/c1-18(2)36-26-12-10-20(15-30-26)27-23-14-19(9-11-25(23)32-33-27)28(35)31-22-7-5-13-34(17-22)16-21-6-3-4-8-24(21)29/h3-4,6,8,10,12,15,18-19,22-23,25,27,32-33H,5,7,9,11,13-14,16-17H2,1-2H3,(H,31,35). The molecule has 8 heteroatoms. The maximum absolute atomic E-state index is 14.1. The minimum absolute atomic E-state index is 0.00824. The number of fused-ring (bicyclic) bond motifs is 1. The average molecular weight is 496 g/mol. The molecule has 5 atom stereocenters. The second-order valence-corrected chi connectivity index (χ2v) is 10.8. The van der Waals surface area contributed by atoms with Crippen LogP contribution >= 0.6 is 0 Å². The molecule has 7 nitrogen and oxygen atoms in total. The number of nitrogens with zero attached hydrogens (tertiary/aromatic N) is 2. The number of halogens is 1. The Morgan fingerprint density at radius 2 is 2.06 bits per heavy atom. The maximum atomic E-state index is 14.1. The zero-order valence-electron chi connectivity index (χ0n) is 21.3. The number of hydrogen-bond acceptors (Lipinski definition) is 6. The van der Waals surface area contributed by atoms with E-state index in [-0.39, 0.29) is 35.8 Å². The fourth-order valence-corrected chi connectivity index (χ4v) is 6.02. The normalized spacial score (nSPS) is 28.6. The third-order valence-electron chi connectivity index (χ3n) is 7.80. The molecule has 1 aliphatic carbocycles. The number of nitrogens with one attached hydrogen (secondary N) is 3. The van der Waals surface area contributed by atoms with Crippen molar-refractivity contribution >= 4 is 5.91 Å². The van der Waals surface area contributed by atoms with Gasteiger partial charge in [0, 0.05) is 48.9 Å². The number of amides is 1. The molecule has 5 unspecified atom stereocenters. The molecule has 2 saturated heterocycles. The summed E-state index contributed by atoms with van der Waals surface area (Å²) in [6.45, 7) is 6.26. The molecule has 2 aromatic rings. The lowest BCUT2D eigenvalue weighted by Crippen LogP contribution is -2.50. The van der Waals surface area contributed by atoms with Crippen molar-refractivity contribution in [3.05, 3.63) is 59.5 Å². The molecule has 3 heterocycles. The molecule has 0 spiro atoms. The van der Waals surface area contributed by atoms with Gasteiger partial charge in [-0.15, -0.1) is 0 Å². The number of aromatic nitrogens is 1. The van der Waals surface area contributed by atoms with Crippen molar-refractivity contribution in [2.24, 2.45) is 11.8 Å². The highest BCUT2D eigenvalue weighted by Crippen LogP contribution is 2.40. The van der Waals surface area contributed by atoms with Crippen molar-refractivity contribution in [1.29, 1.82) is 0 Å². The number of ether oxygens (including phenoxy) is 1. The van der Waals surface area contributed by atoms with Crippen molar-refractivity contribution in [2.45, 2.75) is 76.7 Å². The van der Waals surface area contributed by atoms with Crippen LogP contribution in [0.1, 0.15) is 63.1 Å². The Kier molecular flexibility index (Phi) is 7.84. The van der Waals surface area contributed by atoms with Gasteiger partial charge in [0.25, 0.3) is 0 Å². The van der Waals surface area contributed by atoms with Gasteiger partial charge in [-0.2, -0.15) is 0 Å². The molecule has 1 aromatic heterocycles. The molecular weight excluding hydrogens is 457 g/mol. The predicted octanol–water partition coefficient (Wildman–Crippen LogP) is 3.72. The van der Waals surface area contributed by atoms with E-state index in [4.69, 9.17) is 4.74 Å². The summed E-state index contributed by atoms with van der Waals surface area (Å²) in [6.07, 6.45) is 6.66. The van der Waals surface area contributed by atoms with Gasteiger partial charge in [-0.25, -0.2) is 14.8 Å². The van der Waals surface area contributed by atoms with Gasteiger partial charge in [-0.1, -0.05) is 24.3 Å². The van der Waals surface area contributed by atoms with Gasteiger partial charge in [0.05, 0.1) is 12.1 Å². The number of pyridine rings is 1. The van der Waals surface area contributed by atoms with Gasteiger partial charge in [0.1, 0.15) is 5.82 Å². The smallest absolute Gasteiger partial charge is 0.223 e. The average Bonchev–Trinajstić information content (AvgIpc) is 3.29. The zero-order chi connectivity index (χ0) is 25.1. The Morgan fingerprint density at radius 1 is 1.19 bits per heavy atom. The van der Waals surface area contributed by atoms with E-state index >= 15 is 0 Å². The fraction of sp³-hybridized carbons (Fsp3) is 0.571. The summed E-state index contributed by atoms with van der Waals surface area (Å²) in [5, 5.41) is 3.34.